The fourth-order valence-corrected chi connectivity index (χ4v) is 1.86. The molecule has 20 heavy (non-hydrogen) atoms. The van der Waals surface area contributed by atoms with Crippen LogP contribution in [0, 0.1) is 0 Å². The predicted molar refractivity (Wildman–Crippen MR) is 68.8 cm³/mol. The lowest BCUT2D eigenvalue weighted by molar-refractivity contribution is -0.143. The number of nitrogens with one attached hydrogen (secondary N) is 1. The van der Waals surface area contributed by atoms with Gasteiger partial charge in [0.15, 0.2) is 0 Å². The van der Waals surface area contributed by atoms with E-state index in [-0.39, 0.29) is 12.6 Å². The molecule has 0 bridgehead atoms. The largest absolute Gasteiger partial charge is 0.480 e. The standard InChI is InChI=1S/C12H19N3O5/c1-7(2)14(6-9(17)18)11(20)15-5-8(16)13-10(19)12(15,3)4/h7H,5-6H2,1-4H3,(H,17,18)(H,13,16,19). The van der Waals surface area contributed by atoms with Gasteiger partial charge >= 0.3 is 12.0 Å². The third-order valence-electron chi connectivity index (χ3n) is 3.19. The molecule has 0 spiro atoms. The van der Waals surface area contributed by atoms with Crippen LogP contribution < -0.4 is 5.32 Å². The molecule has 0 aliphatic carbocycles. The highest BCUT2D eigenvalue weighted by Crippen LogP contribution is 2.20. The molecule has 0 aromatic carbocycles. The number of carbonyl (C=O) groups is 4. The second-order valence-electron chi connectivity index (χ2n) is 5.42. The van der Waals surface area contributed by atoms with Crippen LogP contribution in [0.25, 0.3) is 0 Å². The van der Waals surface area contributed by atoms with Crippen molar-refractivity contribution >= 4 is 23.8 Å². The summed E-state index contributed by atoms with van der Waals surface area (Å²) in [6, 6.07) is -1.01. The normalized spacial score (nSPS) is 17.9. The highest BCUT2D eigenvalue weighted by molar-refractivity contribution is 6.06. The van der Waals surface area contributed by atoms with Crippen LogP contribution in [0.2, 0.25) is 0 Å². The zero-order chi connectivity index (χ0) is 15.7. The second kappa shape index (κ2) is 5.48. The first-order valence-corrected chi connectivity index (χ1v) is 6.21. The van der Waals surface area contributed by atoms with Crippen LogP contribution >= 0.6 is 0 Å². The van der Waals surface area contributed by atoms with Gasteiger partial charge in [-0.1, -0.05) is 0 Å². The number of carboxylic acid groups (broad SMARTS) is 1. The number of urea groups is 1. The maximum atomic E-state index is 12.4. The third-order valence-corrected chi connectivity index (χ3v) is 3.19. The van der Waals surface area contributed by atoms with Gasteiger partial charge in [-0.3, -0.25) is 19.7 Å². The van der Waals surface area contributed by atoms with Gasteiger partial charge in [0.05, 0.1) is 0 Å². The molecule has 1 fully saturated rings. The molecule has 0 aromatic heterocycles. The fourth-order valence-electron chi connectivity index (χ4n) is 1.86. The quantitative estimate of drug-likeness (QED) is 0.688. The number of rotatable bonds is 3. The Bertz CT molecular complexity index is 458. The Morgan fingerprint density at radius 1 is 1.40 bits per heavy atom. The Kier molecular flexibility index (Phi) is 4.36. The Morgan fingerprint density at radius 2 is 1.95 bits per heavy atom. The van der Waals surface area contributed by atoms with Crippen LogP contribution in [0.15, 0.2) is 0 Å². The highest BCUT2D eigenvalue weighted by atomic mass is 16.4. The molecule has 4 amide bonds. The van der Waals surface area contributed by atoms with Gasteiger partial charge in [-0.15, -0.1) is 0 Å². The molecular formula is C12H19N3O5. The molecule has 0 aromatic rings. The van der Waals surface area contributed by atoms with Crippen molar-refractivity contribution in [3.63, 3.8) is 0 Å². The van der Waals surface area contributed by atoms with E-state index < -0.39 is 35.9 Å². The predicted octanol–water partition coefficient (Wildman–Crippen LogP) is -0.362. The molecule has 1 rings (SSSR count). The number of amides is 4. The van der Waals surface area contributed by atoms with Crippen molar-refractivity contribution in [2.45, 2.75) is 39.3 Å². The van der Waals surface area contributed by atoms with Crippen molar-refractivity contribution in [2.24, 2.45) is 0 Å². The monoisotopic (exact) mass is 285 g/mol. The molecule has 0 radical (unpaired) electrons. The van der Waals surface area contributed by atoms with Crippen LogP contribution in [0.1, 0.15) is 27.7 Å². The molecule has 1 heterocycles. The zero-order valence-electron chi connectivity index (χ0n) is 12.0. The first-order valence-electron chi connectivity index (χ1n) is 6.21. The van der Waals surface area contributed by atoms with Crippen LogP contribution in [0.4, 0.5) is 4.79 Å². The first kappa shape index (κ1) is 15.9. The summed E-state index contributed by atoms with van der Waals surface area (Å²) in [6.07, 6.45) is 0. The Labute approximate surface area is 116 Å². The minimum Gasteiger partial charge on any atom is -0.480 e. The van der Waals surface area contributed by atoms with Gasteiger partial charge in [0.1, 0.15) is 18.6 Å². The van der Waals surface area contributed by atoms with Crippen molar-refractivity contribution < 1.29 is 24.3 Å². The molecule has 1 saturated heterocycles. The van der Waals surface area contributed by atoms with E-state index in [1.807, 2.05) is 0 Å². The molecule has 0 atom stereocenters. The first-order chi connectivity index (χ1) is 9.07. The summed E-state index contributed by atoms with van der Waals surface area (Å²) < 4.78 is 0. The fraction of sp³-hybridized carbons (Fsp3) is 0.667. The van der Waals surface area contributed by atoms with E-state index in [9.17, 15) is 19.2 Å². The highest BCUT2D eigenvalue weighted by Gasteiger charge is 2.45. The van der Waals surface area contributed by atoms with E-state index in [2.05, 4.69) is 5.32 Å². The lowest BCUT2D eigenvalue weighted by Crippen LogP contribution is -2.68. The van der Waals surface area contributed by atoms with Gasteiger partial charge in [0, 0.05) is 6.04 Å². The summed E-state index contributed by atoms with van der Waals surface area (Å²) in [4.78, 5) is 48.7. The Balaban J connectivity index is 3.05. The zero-order valence-corrected chi connectivity index (χ0v) is 12.0. The van der Waals surface area contributed by atoms with Gasteiger partial charge in [-0.25, -0.2) is 4.79 Å². The number of imide groups is 1. The Morgan fingerprint density at radius 3 is 2.40 bits per heavy atom. The summed E-state index contributed by atoms with van der Waals surface area (Å²) >= 11 is 0. The molecule has 8 heteroatoms. The van der Waals surface area contributed by atoms with Gasteiger partial charge < -0.3 is 14.9 Å². The van der Waals surface area contributed by atoms with E-state index in [0.29, 0.717) is 0 Å². The minimum atomic E-state index is -1.21. The second-order valence-corrected chi connectivity index (χ2v) is 5.42. The van der Waals surface area contributed by atoms with E-state index in [1.165, 1.54) is 13.8 Å². The van der Waals surface area contributed by atoms with Gasteiger partial charge in [0.2, 0.25) is 5.91 Å². The van der Waals surface area contributed by atoms with Gasteiger partial charge in [0.25, 0.3) is 5.91 Å². The topological polar surface area (TPSA) is 107 Å². The summed E-state index contributed by atoms with van der Waals surface area (Å²) in [7, 11) is 0. The summed E-state index contributed by atoms with van der Waals surface area (Å²) in [5.41, 5.74) is -1.21. The van der Waals surface area contributed by atoms with E-state index in [0.717, 1.165) is 9.80 Å². The number of aliphatic carboxylic acids is 1. The number of carbonyl (C=O) groups excluding carboxylic acids is 3. The molecular weight excluding hydrogens is 266 g/mol. The molecule has 0 saturated carbocycles. The summed E-state index contributed by atoms with van der Waals surface area (Å²) in [5, 5.41) is 11.0. The maximum Gasteiger partial charge on any atom is 0.323 e. The lowest BCUT2D eigenvalue weighted by Gasteiger charge is -2.43. The third kappa shape index (κ3) is 3.06. The van der Waals surface area contributed by atoms with Crippen LogP contribution in [0.5, 0.6) is 0 Å². The number of piperazine rings is 1. The summed E-state index contributed by atoms with van der Waals surface area (Å²) in [6.45, 7) is 5.58. The van der Waals surface area contributed by atoms with E-state index in [4.69, 9.17) is 5.11 Å². The smallest absolute Gasteiger partial charge is 0.323 e. The van der Waals surface area contributed by atoms with Crippen molar-refractivity contribution in [1.29, 1.82) is 0 Å². The maximum absolute atomic E-state index is 12.4. The molecule has 112 valence electrons. The van der Waals surface area contributed by atoms with Crippen molar-refractivity contribution in [3.05, 3.63) is 0 Å². The molecule has 8 nitrogen and oxygen atoms in total. The van der Waals surface area contributed by atoms with Crippen molar-refractivity contribution in [1.82, 2.24) is 15.1 Å². The lowest BCUT2D eigenvalue weighted by atomic mass is 9.99. The number of hydrogen-bond donors (Lipinski definition) is 2. The molecule has 1 aliphatic rings. The van der Waals surface area contributed by atoms with Crippen molar-refractivity contribution in [2.75, 3.05) is 13.1 Å². The SMILES string of the molecule is CC(C)N(CC(=O)O)C(=O)N1CC(=O)NC(=O)C1(C)C. The Hall–Kier alpha value is -2.12. The van der Waals surface area contributed by atoms with Crippen LogP contribution in [-0.4, -0.2) is 63.4 Å². The summed E-state index contributed by atoms with van der Waals surface area (Å²) in [5.74, 6) is -2.32. The number of hydrogen-bond acceptors (Lipinski definition) is 4. The van der Waals surface area contributed by atoms with Crippen LogP contribution in [-0.2, 0) is 14.4 Å². The van der Waals surface area contributed by atoms with E-state index in [1.54, 1.807) is 13.8 Å². The van der Waals surface area contributed by atoms with Crippen molar-refractivity contribution in [3.8, 4) is 0 Å². The molecule has 1 aliphatic heterocycles. The molecule has 2 N–H and O–H groups in total. The number of nitrogens with zero attached hydrogens (tertiary/aromatic N) is 2. The minimum absolute atomic E-state index is 0.277. The van der Waals surface area contributed by atoms with Gasteiger partial charge in [-0.05, 0) is 27.7 Å². The van der Waals surface area contributed by atoms with E-state index >= 15 is 0 Å². The number of carboxylic acids is 1. The average molecular weight is 285 g/mol. The van der Waals surface area contributed by atoms with Crippen LogP contribution in [0.3, 0.4) is 0 Å². The average Bonchev–Trinajstić information content (AvgIpc) is 2.29. The van der Waals surface area contributed by atoms with Gasteiger partial charge in [-0.2, -0.15) is 0 Å². The molecule has 0 unspecified atom stereocenters.